The topological polar surface area (TPSA) is 144 Å². The van der Waals surface area contributed by atoms with E-state index < -0.39 is 9.85 Å². The predicted octanol–water partition coefficient (Wildman–Crippen LogP) is 3.24. The molecule has 0 aliphatic heterocycles. The second-order valence-corrected chi connectivity index (χ2v) is 6.65. The fourth-order valence-electron chi connectivity index (χ4n) is 2.55. The van der Waals surface area contributed by atoms with Crippen molar-refractivity contribution < 1.29 is 19.4 Å². The Morgan fingerprint density at radius 3 is 1.34 bits per heavy atom. The van der Waals surface area contributed by atoms with Crippen LogP contribution in [0.15, 0.2) is 60.7 Å². The van der Waals surface area contributed by atoms with E-state index in [2.05, 4.69) is 10.6 Å². The van der Waals surface area contributed by atoms with Crippen LogP contribution in [0.2, 0.25) is 0 Å². The Labute approximate surface area is 183 Å². The van der Waals surface area contributed by atoms with Crippen LogP contribution < -0.4 is 10.6 Å². The van der Waals surface area contributed by atoms with Crippen LogP contribution in [-0.4, -0.2) is 34.8 Å². The Hall–Kier alpha value is -4.34. The number of benzene rings is 2. The Bertz CT molecular complexity index is 930. The summed E-state index contributed by atoms with van der Waals surface area (Å²) in [5.41, 5.74) is 1.33. The second kappa shape index (κ2) is 12.4. The fraction of sp³-hybridized carbons (Fsp3) is 0.182. The normalized spacial score (nSPS) is 10.9. The zero-order chi connectivity index (χ0) is 23.3. The number of non-ortho nitro benzene ring substituents is 2. The summed E-state index contributed by atoms with van der Waals surface area (Å²) < 4.78 is 0. The summed E-state index contributed by atoms with van der Waals surface area (Å²) in [6, 6.07) is 11.7. The zero-order valence-corrected chi connectivity index (χ0v) is 17.1. The van der Waals surface area contributed by atoms with Crippen LogP contribution >= 0.6 is 0 Å². The summed E-state index contributed by atoms with van der Waals surface area (Å²) in [7, 11) is 0. The average molecular weight is 438 g/mol. The quantitative estimate of drug-likeness (QED) is 0.238. The van der Waals surface area contributed by atoms with Gasteiger partial charge in [-0.1, -0.05) is 0 Å². The van der Waals surface area contributed by atoms with Gasteiger partial charge in [0.15, 0.2) is 0 Å². The molecule has 0 saturated heterocycles. The van der Waals surface area contributed by atoms with Gasteiger partial charge in [-0.05, 0) is 60.4 Å². The average Bonchev–Trinajstić information content (AvgIpc) is 2.79. The monoisotopic (exact) mass is 438 g/mol. The molecule has 0 bridgehead atoms. The van der Waals surface area contributed by atoms with Gasteiger partial charge >= 0.3 is 0 Å². The minimum Gasteiger partial charge on any atom is -0.353 e. The lowest BCUT2D eigenvalue weighted by Crippen LogP contribution is -2.25. The first-order chi connectivity index (χ1) is 15.3. The van der Waals surface area contributed by atoms with E-state index in [1.807, 2.05) is 0 Å². The number of rotatable bonds is 11. The van der Waals surface area contributed by atoms with Crippen molar-refractivity contribution in [3.8, 4) is 0 Å². The lowest BCUT2D eigenvalue weighted by atomic mass is 10.2. The van der Waals surface area contributed by atoms with Gasteiger partial charge in [0.2, 0.25) is 11.8 Å². The van der Waals surface area contributed by atoms with Gasteiger partial charge in [0.25, 0.3) is 11.4 Å². The number of carbonyl (C=O) groups excluding carboxylic acids is 2. The maximum atomic E-state index is 11.8. The molecule has 2 rings (SSSR count). The molecule has 32 heavy (non-hydrogen) atoms. The summed E-state index contributed by atoms with van der Waals surface area (Å²) in [6.07, 6.45) is 7.18. The van der Waals surface area contributed by atoms with Gasteiger partial charge in [-0.15, -0.1) is 0 Å². The van der Waals surface area contributed by atoms with E-state index in [9.17, 15) is 29.8 Å². The molecule has 2 aromatic rings. The van der Waals surface area contributed by atoms with E-state index in [1.165, 1.54) is 36.4 Å². The smallest absolute Gasteiger partial charge is 0.269 e. The molecule has 0 radical (unpaired) electrons. The van der Waals surface area contributed by atoms with E-state index >= 15 is 0 Å². The highest BCUT2D eigenvalue weighted by molar-refractivity contribution is 5.92. The molecule has 0 atom stereocenters. The Morgan fingerprint density at radius 2 is 1.03 bits per heavy atom. The van der Waals surface area contributed by atoms with Crippen molar-refractivity contribution >= 4 is 35.3 Å². The van der Waals surface area contributed by atoms with Gasteiger partial charge < -0.3 is 10.6 Å². The summed E-state index contributed by atoms with van der Waals surface area (Å²) in [4.78, 5) is 43.8. The minimum atomic E-state index is -0.488. The van der Waals surface area contributed by atoms with Crippen molar-refractivity contribution in [1.82, 2.24) is 10.6 Å². The molecule has 2 aromatic carbocycles. The van der Waals surface area contributed by atoms with Gasteiger partial charge in [-0.25, -0.2) is 0 Å². The Balaban J connectivity index is 1.60. The molecule has 0 spiro atoms. The van der Waals surface area contributed by atoms with E-state index in [0.717, 1.165) is 0 Å². The third kappa shape index (κ3) is 8.57. The summed E-state index contributed by atoms with van der Waals surface area (Å²) in [5, 5.41) is 26.7. The first kappa shape index (κ1) is 23.9. The van der Waals surface area contributed by atoms with Crippen LogP contribution in [0.5, 0.6) is 0 Å². The van der Waals surface area contributed by atoms with Crippen molar-refractivity contribution in [3.63, 3.8) is 0 Å². The molecule has 2 N–H and O–H groups in total. The predicted molar refractivity (Wildman–Crippen MR) is 120 cm³/mol. The summed E-state index contributed by atoms with van der Waals surface area (Å²) in [5.74, 6) is -0.558. The van der Waals surface area contributed by atoms with E-state index in [4.69, 9.17) is 0 Å². The van der Waals surface area contributed by atoms with Crippen LogP contribution in [0.1, 0.15) is 24.0 Å². The number of nitrogens with one attached hydrogen (secondary N) is 2. The number of carbonyl (C=O) groups is 2. The van der Waals surface area contributed by atoms with Gasteiger partial charge in [0.1, 0.15) is 0 Å². The highest BCUT2D eigenvalue weighted by atomic mass is 16.6. The first-order valence-electron chi connectivity index (χ1n) is 9.76. The molecule has 0 unspecified atom stereocenters. The molecule has 0 saturated carbocycles. The van der Waals surface area contributed by atoms with Crippen LogP contribution in [0.4, 0.5) is 11.4 Å². The first-order valence-corrected chi connectivity index (χ1v) is 9.76. The molecular weight excluding hydrogens is 416 g/mol. The second-order valence-electron chi connectivity index (χ2n) is 6.65. The number of nitro groups is 2. The number of unbranched alkanes of at least 4 members (excludes halogenated alkanes) is 1. The molecule has 0 heterocycles. The lowest BCUT2D eigenvalue weighted by molar-refractivity contribution is -0.385. The highest BCUT2D eigenvalue weighted by Crippen LogP contribution is 2.13. The van der Waals surface area contributed by atoms with Crippen molar-refractivity contribution in [1.29, 1.82) is 0 Å². The molecular formula is C22H22N4O6. The molecule has 0 aromatic heterocycles. The third-order valence-corrected chi connectivity index (χ3v) is 4.26. The van der Waals surface area contributed by atoms with Gasteiger partial charge in [0.05, 0.1) is 9.85 Å². The molecule has 166 valence electrons. The van der Waals surface area contributed by atoms with Gasteiger partial charge in [-0.3, -0.25) is 29.8 Å². The minimum absolute atomic E-state index is 0.0134. The Kier molecular flexibility index (Phi) is 9.26. The molecule has 0 aliphatic carbocycles. The van der Waals surface area contributed by atoms with Gasteiger partial charge in [-0.2, -0.15) is 0 Å². The standard InChI is InChI=1S/C22H22N4O6/c27-21(13-7-17-3-9-19(10-4-17)25(29)30)23-15-1-2-16-24-22(28)14-8-18-5-11-20(12-6-18)26(31)32/h3-14H,1-2,15-16H2,(H,23,27)(H,24,28)/b13-7-,14-8-. The van der Waals surface area contributed by atoms with Crippen molar-refractivity contribution in [2.75, 3.05) is 13.1 Å². The molecule has 0 aliphatic rings. The van der Waals surface area contributed by atoms with Gasteiger partial charge in [0, 0.05) is 49.5 Å². The van der Waals surface area contributed by atoms with Crippen LogP contribution in [0.3, 0.4) is 0 Å². The van der Waals surface area contributed by atoms with E-state index in [-0.39, 0.29) is 23.2 Å². The van der Waals surface area contributed by atoms with Crippen LogP contribution in [0, 0.1) is 20.2 Å². The number of nitrogens with zero attached hydrogens (tertiary/aromatic N) is 2. The highest BCUT2D eigenvalue weighted by Gasteiger charge is 2.04. The zero-order valence-electron chi connectivity index (χ0n) is 17.1. The third-order valence-electron chi connectivity index (χ3n) is 4.26. The largest absolute Gasteiger partial charge is 0.353 e. The molecule has 10 nitrogen and oxygen atoms in total. The lowest BCUT2D eigenvalue weighted by Gasteiger charge is -2.04. The number of amides is 2. The summed E-state index contributed by atoms with van der Waals surface area (Å²) >= 11 is 0. The van der Waals surface area contributed by atoms with Crippen molar-refractivity contribution in [2.24, 2.45) is 0 Å². The number of hydrogen-bond acceptors (Lipinski definition) is 6. The SMILES string of the molecule is O=C(/C=C\c1ccc([N+](=O)[O-])cc1)NCCCCNC(=O)/C=C\c1ccc([N+](=O)[O-])cc1. The van der Waals surface area contributed by atoms with Crippen molar-refractivity contribution in [2.45, 2.75) is 12.8 Å². The van der Waals surface area contributed by atoms with Crippen molar-refractivity contribution in [3.05, 3.63) is 92.0 Å². The maximum Gasteiger partial charge on any atom is 0.269 e. The molecule has 10 heteroatoms. The van der Waals surface area contributed by atoms with E-state index in [1.54, 1.807) is 36.4 Å². The number of hydrogen-bond donors (Lipinski definition) is 2. The molecule has 2 amide bonds. The fourth-order valence-corrected chi connectivity index (χ4v) is 2.55. The number of nitro benzene ring substituents is 2. The molecule has 0 fully saturated rings. The maximum absolute atomic E-state index is 11.8. The Morgan fingerprint density at radius 1 is 0.688 bits per heavy atom. The van der Waals surface area contributed by atoms with Crippen LogP contribution in [0.25, 0.3) is 12.2 Å². The van der Waals surface area contributed by atoms with Crippen LogP contribution in [-0.2, 0) is 9.59 Å². The van der Waals surface area contributed by atoms with E-state index in [0.29, 0.717) is 37.1 Å². The summed E-state index contributed by atoms with van der Waals surface area (Å²) in [6.45, 7) is 0.885.